The Hall–Kier alpha value is -2.37. The third-order valence-corrected chi connectivity index (χ3v) is 3.29. The molecule has 0 aliphatic heterocycles. The third kappa shape index (κ3) is 7.99. The predicted octanol–water partition coefficient (Wildman–Crippen LogP) is 2.59. The van der Waals surface area contributed by atoms with Gasteiger partial charge < -0.3 is 16.0 Å². The number of hydrogen-bond acceptors (Lipinski definition) is 3. The fourth-order valence-corrected chi connectivity index (χ4v) is 2.10. The summed E-state index contributed by atoms with van der Waals surface area (Å²) in [6, 6.07) is 5.41. The molecule has 3 N–H and O–H groups in total. The quantitative estimate of drug-likeness (QED) is 0.644. The van der Waals surface area contributed by atoms with Crippen molar-refractivity contribution in [3.8, 4) is 0 Å². The minimum absolute atomic E-state index is 0.0303. The van der Waals surface area contributed by atoms with Gasteiger partial charge in [0.1, 0.15) is 0 Å². The first-order valence-electron chi connectivity index (χ1n) is 7.81. The zero-order chi connectivity index (χ0) is 17.2. The van der Waals surface area contributed by atoms with Crippen molar-refractivity contribution in [3.63, 3.8) is 0 Å². The molecule has 0 aliphatic carbocycles. The van der Waals surface area contributed by atoms with Gasteiger partial charge in [-0.1, -0.05) is 12.5 Å². The fraction of sp³-hybridized carbons (Fsp3) is 0.471. The molecule has 0 bridgehead atoms. The molecule has 1 aromatic rings. The fourth-order valence-electron chi connectivity index (χ4n) is 2.10. The molecule has 0 atom stereocenters. The van der Waals surface area contributed by atoms with Crippen molar-refractivity contribution in [3.05, 3.63) is 23.8 Å². The van der Waals surface area contributed by atoms with E-state index in [9.17, 15) is 14.4 Å². The number of anilines is 2. The maximum absolute atomic E-state index is 12.0. The van der Waals surface area contributed by atoms with Crippen molar-refractivity contribution < 1.29 is 14.4 Å². The van der Waals surface area contributed by atoms with E-state index in [1.54, 1.807) is 12.1 Å². The molecule has 0 saturated heterocycles. The molecular formula is C17H25N3O3. The van der Waals surface area contributed by atoms with Gasteiger partial charge in [0.25, 0.3) is 0 Å². The molecule has 0 aromatic heterocycles. The van der Waals surface area contributed by atoms with Crippen LogP contribution in [0.15, 0.2) is 18.2 Å². The zero-order valence-electron chi connectivity index (χ0n) is 14.0. The van der Waals surface area contributed by atoms with Gasteiger partial charge in [0.15, 0.2) is 0 Å². The van der Waals surface area contributed by atoms with Crippen LogP contribution in [-0.4, -0.2) is 24.3 Å². The zero-order valence-corrected chi connectivity index (χ0v) is 14.0. The summed E-state index contributed by atoms with van der Waals surface area (Å²) in [5, 5.41) is 8.30. The van der Waals surface area contributed by atoms with Gasteiger partial charge in [0.2, 0.25) is 17.7 Å². The topological polar surface area (TPSA) is 87.3 Å². The molecule has 0 heterocycles. The van der Waals surface area contributed by atoms with Crippen LogP contribution in [0.25, 0.3) is 0 Å². The highest BCUT2D eigenvalue weighted by Gasteiger charge is 2.06. The number of carbonyl (C=O) groups excluding carboxylic acids is 3. The second-order valence-corrected chi connectivity index (χ2v) is 5.55. The van der Waals surface area contributed by atoms with E-state index >= 15 is 0 Å². The standard InChI is InChI=1S/C17H25N3O3/c1-12-8-9-15(19-14(3)22)11-16(12)20-17(23)7-5-4-6-10-18-13(2)21/h8-9,11H,4-7,10H2,1-3H3,(H,18,21)(H,19,22)(H,20,23). The van der Waals surface area contributed by atoms with Gasteiger partial charge in [-0.15, -0.1) is 0 Å². The van der Waals surface area contributed by atoms with E-state index in [1.165, 1.54) is 13.8 Å². The number of nitrogens with one attached hydrogen (secondary N) is 3. The Morgan fingerprint density at radius 3 is 2.35 bits per heavy atom. The van der Waals surface area contributed by atoms with Crippen LogP contribution < -0.4 is 16.0 Å². The third-order valence-electron chi connectivity index (χ3n) is 3.29. The number of unbranched alkanes of at least 4 members (excludes halogenated alkanes) is 2. The van der Waals surface area contributed by atoms with Crippen molar-refractivity contribution in [1.29, 1.82) is 0 Å². The summed E-state index contributed by atoms with van der Waals surface area (Å²) in [4.78, 5) is 33.8. The molecule has 126 valence electrons. The Bertz CT molecular complexity index is 570. The summed E-state index contributed by atoms with van der Waals surface area (Å²) in [6.45, 7) is 5.49. The Morgan fingerprint density at radius 1 is 0.957 bits per heavy atom. The van der Waals surface area contributed by atoms with E-state index in [2.05, 4.69) is 16.0 Å². The smallest absolute Gasteiger partial charge is 0.224 e. The summed E-state index contributed by atoms with van der Waals surface area (Å²) in [5.74, 6) is -0.227. The number of aryl methyl sites for hydroxylation is 1. The van der Waals surface area contributed by atoms with Gasteiger partial charge in [0, 0.05) is 38.2 Å². The number of benzene rings is 1. The van der Waals surface area contributed by atoms with Crippen molar-refractivity contribution in [1.82, 2.24) is 5.32 Å². The molecule has 0 saturated carbocycles. The largest absolute Gasteiger partial charge is 0.356 e. The van der Waals surface area contributed by atoms with Gasteiger partial charge in [-0.2, -0.15) is 0 Å². The molecule has 3 amide bonds. The summed E-state index contributed by atoms with van der Waals surface area (Å²) < 4.78 is 0. The summed E-state index contributed by atoms with van der Waals surface area (Å²) in [7, 11) is 0. The van der Waals surface area contributed by atoms with E-state index < -0.39 is 0 Å². The molecule has 6 nitrogen and oxygen atoms in total. The summed E-state index contributed by atoms with van der Waals surface area (Å²) in [6.07, 6.45) is 2.96. The van der Waals surface area contributed by atoms with Crippen LogP contribution in [-0.2, 0) is 14.4 Å². The molecule has 0 spiro atoms. The molecule has 1 rings (SSSR count). The lowest BCUT2D eigenvalue weighted by atomic mass is 10.1. The van der Waals surface area contributed by atoms with Crippen molar-refractivity contribution in [2.45, 2.75) is 46.5 Å². The van der Waals surface area contributed by atoms with Crippen molar-refractivity contribution in [2.24, 2.45) is 0 Å². The number of amides is 3. The van der Waals surface area contributed by atoms with Crippen LogP contribution in [0.3, 0.4) is 0 Å². The molecule has 0 fully saturated rings. The van der Waals surface area contributed by atoms with Crippen molar-refractivity contribution in [2.75, 3.05) is 17.2 Å². The van der Waals surface area contributed by atoms with Gasteiger partial charge in [-0.3, -0.25) is 14.4 Å². The Balaban J connectivity index is 2.38. The van der Waals surface area contributed by atoms with Gasteiger partial charge >= 0.3 is 0 Å². The van der Waals surface area contributed by atoms with Gasteiger partial charge in [0.05, 0.1) is 0 Å². The van der Waals surface area contributed by atoms with E-state index in [1.807, 2.05) is 13.0 Å². The Morgan fingerprint density at radius 2 is 1.70 bits per heavy atom. The Labute approximate surface area is 137 Å². The van der Waals surface area contributed by atoms with E-state index in [4.69, 9.17) is 0 Å². The number of rotatable bonds is 8. The van der Waals surface area contributed by atoms with Crippen LogP contribution in [0.2, 0.25) is 0 Å². The van der Waals surface area contributed by atoms with Crippen LogP contribution in [0.1, 0.15) is 45.1 Å². The molecule has 1 aromatic carbocycles. The molecule has 0 unspecified atom stereocenters. The highest BCUT2D eigenvalue weighted by molar-refractivity contribution is 5.94. The maximum Gasteiger partial charge on any atom is 0.224 e. The summed E-state index contributed by atoms with van der Waals surface area (Å²) in [5.41, 5.74) is 2.31. The second kappa shape index (κ2) is 9.61. The lowest BCUT2D eigenvalue weighted by Gasteiger charge is -2.11. The van der Waals surface area contributed by atoms with Crippen LogP contribution in [0, 0.1) is 6.92 Å². The monoisotopic (exact) mass is 319 g/mol. The molecule has 6 heteroatoms. The molecule has 0 radical (unpaired) electrons. The van der Waals surface area contributed by atoms with E-state index in [0.717, 1.165) is 24.8 Å². The van der Waals surface area contributed by atoms with E-state index in [-0.39, 0.29) is 17.7 Å². The first-order valence-corrected chi connectivity index (χ1v) is 7.81. The average Bonchev–Trinajstić information content (AvgIpc) is 2.45. The van der Waals surface area contributed by atoms with Crippen LogP contribution in [0.4, 0.5) is 11.4 Å². The first kappa shape index (κ1) is 18.7. The Kier molecular flexibility index (Phi) is 7.80. The second-order valence-electron chi connectivity index (χ2n) is 5.55. The van der Waals surface area contributed by atoms with Gasteiger partial charge in [-0.05, 0) is 37.5 Å². The van der Waals surface area contributed by atoms with E-state index in [0.29, 0.717) is 24.3 Å². The van der Waals surface area contributed by atoms with Gasteiger partial charge in [-0.25, -0.2) is 0 Å². The minimum Gasteiger partial charge on any atom is -0.356 e. The minimum atomic E-state index is -0.148. The first-order chi connectivity index (χ1) is 10.9. The molecule has 0 aliphatic rings. The summed E-state index contributed by atoms with van der Waals surface area (Å²) >= 11 is 0. The molecular weight excluding hydrogens is 294 g/mol. The number of carbonyl (C=O) groups is 3. The number of hydrogen-bond donors (Lipinski definition) is 3. The highest BCUT2D eigenvalue weighted by Crippen LogP contribution is 2.20. The van der Waals surface area contributed by atoms with Crippen LogP contribution >= 0.6 is 0 Å². The highest BCUT2D eigenvalue weighted by atomic mass is 16.2. The SMILES string of the molecule is CC(=O)NCCCCCC(=O)Nc1cc(NC(C)=O)ccc1C. The van der Waals surface area contributed by atoms with Crippen LogP contribution in [0.5, 0.6) is 0 Å². The molecule has 23 heavy (non-hydrogen) atoms. The average molecular weight is 319 g/mol. The lowest BCUT2D eigenvalue weighted by molar-refractivity contribution is -0.119. The predicted molar refractivity (Wildman–Crippen MR) is 91.3 cm³/mol. The van der Waals surface area contributed by atoms with Crippen molar-refractivity contribution >= 4 is 29.1 Å². The maximum atomic E-state index is 12.0. The lowest BCUT2D eigenvalue weighted by Crippen LogP contribution is -2.20. The normalized spacial score (nSPS) is 10.0.